The van der Waals surface area contributed by atoms with Gasteiger partial charge in [-0.15, -0.1) is 0 Å². The Labute approximate surface area is 624 Å². The molecule has 602 valence electrons. The molecule has 0 radical (unpaired) electrons. The molecule has 0 saturated carbocycles. The molecule has 3 N–H and O–H groups in total. The molecular weight excluding hydrogens is 1330 g/mol. The molecule has 19 heteroatoms. The van der Waals surface area contributed by atoms with E-state index in [1.807, 2.05) is 0 Å². The van der Waals surface area contributed by atoms with Gasteiger partial charge in [-0.1, -0.05) is 361 Å². The third kappa shape index (κ3) is 75.8. The number of ether oxygens (including phenoxy) is 4. The standard InChI is InChI=1S/C83H158O17P2/c1-7-9-11-13-15-17-19-21-23-24-25-26-27-31-36-40-44-48-56-62-67-82(87)99-78(71-93-80(85)65-59-53-46-42-38-34-32-28-30-33-37-41-45-51-57-63-75(3)4)73-97-101(89,90)95-69-77(84)70-96-102(91,92)98-74-79(72-94-81(86)66-60-54-50-49-52-58-64-76(5)6)100-83(88)68-61-55-47-43-39-35-29-22-20-18-16-14-12-10-8-2/h18,20,22,29,75-79,84H,7-17,19,21,23-28,30-74H2,1-6H3,(H,89,90)(H,91,92)/b20-18-,29-22-/t77-,78-,79-/m1/s1. The van der Waals surface area contributed by atoms with E-state index in [2.05, 4.69) is 65.8 Å². The minimum Gasteiger partial charge on any atom is -0.462 e. The highest BCUT2D eigenvalue weighted by Gasteiger charge is 2.30. The van der Waals surface area contributed by atoms with Crippen LogP contribution in [0.5, 0.6) is 0 Å². The van der Waals surface area contributed by atoms with Gasteiger partial charge in [0.25, 0.3) is 0 Å². The Morgan fingerprint density at radius 2 is 0.529 bits per heavy atom. The number of rotatable bonds is 80. The van der Waals surface area contributed by atoms with Crippen LogP contribution in [-0.4, -0.2) is 96.7 Å². The van der Waals surface area contributed by atoms with Crippen LogP contribution < -0.4 is 0 Å². The molecule has 0 rings (SSSR count). The highest BCUT2D eigenvalue weighted by Crippen LogP contribution is 2.45. The van der Waals surface area contributed by atoms with Gasteiger partial charge in [0.05, 0.1) is 26.4 Å². The van der Waals surface area contributed by atoms with Gasteiger partial charge in [0.15, 0.2) is 12.2 Å². The largest absolute Gasteiger partial charge is 0.472 e. The maximum atomic E-state index is 13.1. The quantitative estimate of drug-likeness (QED) is 0.0169. The summed E-state index contributed by atoms with van der Waals surface area (Å²) < 4.78 is 68.7. The van der Waals surface area contributed by atoms with Crippen LogP contribution in [0.4, 0.5) is 0 Å². The Balaban J connectivity index is 5.25. The topological polar surface area (TPSA) is 237 Å². The van der Waals surface area contributed by atoms with Crippen LogP contribution in [0.3, 0.4) is 0 Å². The molecule has 0 saturated heterocycles. The summed E-state index contributed by atoms with van der Waals surface area (Å²) in [6.07, 6.45) is 67.7. The van der Waals surface area contributed by atoms with Gasteiger partial charge in [0.1, 0.15) is 19.3 Å². The first-order valence-electron chi connectivity index (χ1n) is 42.3. The number of aliphatic hydroxyl groups is 1. The number of carbonyl (C=O) groups is 4. The van der Waals surface area contributed by atoms with Crippen molar-refractivity contribution in [3.63, 3.8) is 0 Å². The lowest BCUT2D eigenvalue weighted by Gasteiger charge is -2.21. The predicted octanol–water partition coefficient (Wildman–Crippen LogP) is 24.6. The molecule has 0 fully saturated rings. The molecule has 0 spiro atoms. The van der Waals surface area contributed by atoms with Crippen molar-refractivity contribution in [3.8, 4) is 0 Å². The fraction of sp³-hybridized carbons (Fsp3) is 0.904. The van der Waals surface area contributed by atoms with E-state index < -0.39 is 97.5 Å². The van der Waals surface area contributed by atoms with Crippen molar-refractivity contribution in [1.29, 1.82) is 0 Å². The summed E-state index contributed by atoms with van der Waals surface area (Å²) in [7, 11) is -9.93. The number of allylic oxidation sites excluding steroid dienone is 4. The number of carbonyl (C=O) groups excluding carboxylic acids is 4. The smallest absolute Gasteiger partial charge is 0.462 e. The van der Waals surface area contributed by atoms with Gasteiger partial charge in [-0.3, -0.25) is 37.3 Å². The number of hydrogen-bond donors (Lipinski definition) is 3. The molecule has 5 atom stereocenters. The summed E-state index contributed by atoms with van der Waals surface area (Å²) in [5.74, 6) is -0.659. The molecule has 0 aliphatic heterocycles. The van der Waals surface area contributed by atoms with Crippen LogP contribution in [0.1, 0.15) is 414 Å². The lowest BCUT2D eigenvalue weighted by Crippen LogP contribution is -2.30. The minimum atomic E-state index is -4.97. The molecule has 2 unspecified atom stereocenters. The summed E-state index contributed by atoms with van der Waals surface area (Å²) in [4.78, 5) is 73.0. The van der Waals surface area contributed by atoms with Gasteiger partial charge in [-0.25, -0.2) is 9.13 Å². The SMILES string of the molecule is CCCCCC/C=C\C=C/CCCCCCCC(=O)O[C@H](COC(=O)CCCCCCCCC(C)C)COP(=O)(O)OC[C@H](O)COP(=O)(O)OC[C@@H](COC(=O)CCCCCCCCCCCCCCCCCC(C)C)OC(=O)CCCCCCCCCCCCCCCCCCCCCC. The summed E-state index contributed by atoms with van der Waals surface area (Å²) in [6.45, 7) is 9.52. The van der Waals surface area contributed by atoms with Gasteiger partial charge < -0.3 is 33.8 Å². The fourth-order valence-corrected chi connectivity index (χ4v) is 13.9. The van der Waals surface area contributed by atoms with Crippen LogP contribution in [0.25, 0.3) is 0 Å². The van der Waals surface area contributed by atoms with Crippen molar-refractivity contribution >= 4 is 39.5 Å². The Morgan fingerprint density at radius 1 is 0.304 bits per heavy atom. The zero-order chi connectivity index (χ0) is 74.9. The van der Waals surface area contributed by atoms with E-state index in [4.69, 9.17) is 37.0 Å². The Hall–Kier alpha value is -2.46. The number of phosphoric ester groups is 2. The van der Waals surface area contributed by atoms with Crippen LogP contribution >= 0.6 is 15.6 Å². The van der Waals surface area contributed by atoms with Crippen molar-refractivity contribution in [2.45, 2.75) is 432 Å². The number of aliphatic hydroxyl groups excluding tert-OH is 1. The van der Waals surface area contributed by atoms with Gasteiger partial charge in [0.2, 0.25) is 0 Å². The first kappa shape index (κ1) is 99.5. The maximum absolute atomic E-state index is 13.1. The highest BCUT2D eigenvalue weighted by atomic mass is 31.2. The van der Waals surface area contributed by atoms with Gasteiger partial charge in [0, 0.05) is 25.7 Å². The predicted molar refractivity (Wildman–Crippen MR) is 418 cm³/mol. The molecular formula is C83H158O17P2. The van der Waals surface area contributed by atoms with E-state index in [1.54, 1.807) is 0 Å². The average molecular weight is 1490 g/mol. The molecule has 0 aromatic carbocycles. The van der Waals surface area contributed by atoms with Crippen LogP contribution in [0, 0.1) is 11.8 Å². The van der Waals surface area contributed by atoms with Gasteiger partial charge in [-0.2, -0.15) is 0 Å². The van der Waals surface area contributed by atoms with Crippen molar-refractivity contribution in [2.75, 3.05) is 39.6 Å². The first-order valence-corrected chi connectivity index (χ1v) is 45.3. The molecule has 0 aliphatic carbocycles. The summed E-state index contributed by atoms with van der Waals surface area (Å²) in [6, 6.07) is 0. The number of hydrogen-bond acceptors (Lipinski definition) is 15. The molecule has 102 heavy (non-hydrogen) atoms. The molecule has 0 aromatic heterocycles. The summed E-state index contributed by atoms with van der Waals surface area (Å²) in [5.41, 5.74) is 0. The van der Waals surface area contributed by atoms with Crippen molar-refractivity contribution in [1.82, 2.24) is 0 Å². The van der Waals surface area contributed by atoms with Crippen LogP contribution in [0.15, 0.2) is 24.3 Å². The number of esters is 4. The lowest BCUT2D eigenvalue weighted by atomic mass is 10.0. The summed E-state index contributed by atoms with van der Waals surface area (Å²) in [5, 5.41) is 10.6. The van der Waals surface area contributed by atoms with E-state index >= 15 is 0 Å². The normalized spacial score (nSPS) is 14.0. The lowest BCUT2D eigenvalue weighted by molar-refractivity contribution is -0.161. The molecule has 17 nitrogen and oxygen atoms in total. The molecule has 0 bridgehead atoms. The average Bonchev–Trinajstić information content (AvgIpc) is 0.932. The second-order valence-electron chi connectivity index (χ2n) is 30.1. The van der Waals surface area contributed by atoms with E-state index in [-0.39, 0.29) is 25.7 Å². The zero-order valence-electron chi connectivity index (χ0n) is 66.4. The second kappa shape index (κ2) is 74.0. The Bertz CT molecular complexity index is 2050. The monoisotopic (exact) mass is 1490 g/mol. The Kier molecular flexibility index (Phi) is 72.2. The number of unbranched alkanes of at least 4 members (excludes halogenated alkanes) is 47. The first-order chi connectivity index (χ1) is 49.4. The van der Waals surface area contributed by atoms with Crippen molar-refractivity contribution < 1.29 is 80.2 Å². The minimum absolute atomic E-state index is 0.0842. The Morgan fingerprint density at radius 3 is 0.804 bits per heavy atom. The van der Waals surface area contributed by atoms with E-state index in [1.165, 1.54) is 212 Å². The molecule has 0 amide bonds. The number of phosphoric acid groups is 2. The zero-order valence-corrected chi connectivity index (χ0v) is 68.2. The van der Waals surface area contributed by atoms with Gasteiger partial charge >= 0.3 is 39.5 Å². The molecule has 0 aromatic rings. The van der Waals surface area contributed by atoms with Crippen LogP contribution in [-0.2, 0) is 65.4 Å². The third-order valence-corrected chi connectivity index (χ3v) is 20.7. The van der Waals surface area contributed by atoms with E-state index in [0.717, 1.165) is 115 Å². The van der Waals surface area contributed by atoms with Gasteiger partial charge in [-0.05, 0) is 63.2 Å². The van der Waals surface area contributed by atoms with E-state index in [0.29, 0.717) is 31.6 Å². The maximum Gasteiger partial charge on any atom is 0.472 e. The van der Waals surface area contributed by atoms with Crippen molar-refractivity contribution in [2.24, 2.45) is 11.8 Å². The molecule has 0 heterocycles. The fourth-order valence-electron chi connectivity index (χ4n) is 12.3. The third-order valence-electron chi connectivity index (χ3n) is 18.8. The molecule has 0 aliphatic rings. The van der Waals surface area contributed by atoms with Crippen LogP contribution in [0.2, 0.25) is 0 Å². The van der Waals surface area contributed by atoms with E-state index in [9.17, 15) is 43.2 Å². The summed E-state index contributed by atoms with van der Waals surface area (Å²) >= 11 is 0. The highest BCUT2D eigenvalue weighted by molar-refractivity contribution is 7.47. The van der Waals surface area contributed by atoms with Crippen molar-refractivity contribution in [3.05, 3.63) is 24.3 Å². The second-order valence-corrected chi connectivity index (χ2v) is 33.0.